The standard InChI is InChI=1S/C18H17ClF2N4OS/c1-2-24(11-14-4-6-17(19)27-14)18(26)22-8-12-9-23-25(10-12)16-5-3-13(20)7-15(16)21/h3-7,9-10H,2,8,11H2,1H3,(H,22,26). The predicted molar refractivity (Wildman–Crippen MR) is 101 cm³/mol. The zero-order valence-electron chi connectivity index (χ0n) is 14.5. The van der Waals surface area contributed by atoms with Gasteiger partial charge < -0.3 is 10.2 Å². The maximum Gasteiger partial charge on any atom is 0.317 e. The maximum absolute atomic E-state index is 13.8. The topological polar surface area (TPSA) is 50.2 Å². The van der Waals surface area contributed by atoms with Gasteiger partial charge in [-0.1, -0.05) is 11.6 Å². The molecule has 2 aromatic heterocycles. The molecular weight excluding hydrogens is 394 g/mol. The molecule has 142 valence electrons. The molecule has 0 aliphatic heterocycles. The van der Waals surface area contributed by atoms with Crippen LogP contribution in [0.2, 0.25) is 4.34 Å². The summed E-state index contributed by atoms with van der Waals surface area (Å²) >= 11 is 7.36. The normalized spacial score (nSPS) is 10.8. The second kappa shape index (κ2) is 8.49. The molecule has 5 nitrogen and oxygen atoms in total. The molecule has 0 unspecified atom stereocenters. The van der Waals surface area contributed by atoms with E-state index in [9.17, 15) is 13.6 Å². The summed E-state index contributed by atoms with van der Waals surface area (Å²) in [7, 11) is 0. The van der Waals surface area contributed by atoms with Crippen molar-refractivity contribution in [3.8, 4) is 5.69 Å². The number of nitrogens with zero attached hydrogens (tertiary/aromatic N) is 3. The number of carbonyl (C=O) groups is 1. The first-order chi connectivity index (χ1) is 13.0. The third-order valence-corrected chi connectivity index (χ3v) is 5.10. The highest BCUT2D eigenvalue weighted by atomic mass is 35.5. The van der Waals surface area contributed by atoms with E-state index in [1.807, 2.05) is 13.0 Å². The quantitative estimate of drug-likeness (QED) is 0.645. The van der Waals surface area contributed by atoms with Gasteiger partial charge in [0.25, 0.3) is 0 Å². The molecule has 0 atom stereocenters. The number of thiophene rings is 1. The summed E-state index contributed by atoms with van der Waals surface area (Å²) < 4.78 is 28.8. The Bertz CT molecular complexity index is 943. The fraction of sp³-hybridized carbons (Fsp3) is 0.222. The van der Waals surface area contributed by atoms with Crippen LogP contribution in [0.1, 0.15) is 17.4 Å². The second-order valence-corrected chi connectivity index (χ2v) is 7.57. The van der Waals surface area contributed by atoms with Crippen LogP contribution in [-0.2, 0) is 13.1 Å². The average molecular weight is 411 g/mol. The molecule has 1 aromatic carbocycles. The number of halogens is 3. The van der Waals surface area contributed by atoms with Gasteiger partial charge in [-0.25, -0.2) is 18.3 Å². The van der Waals surface area contributed by atoms with Gasteiger partial charge in [-0.2, -0.15) is 5.10 Å². The highest BCUT2D eigenvalue weighted by Gasteiger charge is 2.14. The summed E-state index contributed by atoms with van der Waals surface area (Å²) in [5.41, 5.74) is 0.834. The van der Waals surface area contributed by atoms with E-state index in [1.54, 1.807) is 17.2 Å². The van der Waals surface area contributed by atoms with Gasteiger partial charge in [-0.05, 0) is 31.2 Å². The van der Waals surface area contributed by atoms with Crippen LogP contribution in [0.25, 0.3) is 5.69 Å². The van der Waals surface area contributed by atoms with Crippen molar-refractivity contribution < 1.29 is 13.6 Å². The molecule has 0 saturated heterocycles. The summed E-state index contributed by atoms with van der Waals surface area (Å²) in [5, 5.41) is 6.88. The van der Waals surface area contributed by atoms with Crippen LogP contribution in [-0.4, -0.2) is 27.3 Å². The summed E-state index contributed by atoms with van der Waals surface area (Å²) in [6, 6.07) is 6.75. The lowest BCUT2D eigenvalue weighted by Crippen LogP contribution is -2.38. The third-order valence-electron chi connectivity index (χ3n) is 3.88. The fourth-order valence-electron chi connectivity index (χ4n) is 2.49. The summed E-state index contributed by atoms with van der Waals surface area (Å²) in [4.78, 5) is 15.0. The molecule has 0 aliphatic rings. The number of rotatable bonds is 6. The molecule has 9 heteroatoms. The van der Waals surface area contributed by atoms with Crippen LogP contribution < -0.4 is 5.32 Å². The molecule has 27 heavy (non-hydrogen) atoms. The van der Waals surface area contributed by atoms with Crippen LogP contribution in [0.4, 0.5) is 13.6 Å². The van der Waals surface area contributed by atoms with Gasteiger partial charge in [0.05, 0.1) is 17.1 Å². The molecule has 0 spiro atoms. The van der Waals surface area contributed by atoms with Gasteiger partial charge in [0.2, 0.25) is 0 Å². The molecule has 1 N–H and O–H groups in total. The Hall–Kier alpha value is -2.45. The number of carbonyl (C=O) groups excluding carboxylic acids is 1. The zero-order valence-corrected chi connectivity index (χ0v) is 16.0. The van der Waals surface area contributed by atoms with Crippen molar-refractivity contribution >= 4 is 29.0 Å². The summed E-state index contributed by atoms with van der Waals surface area (Å²) in [6.07, 6.45) is 3.12. The highest BCUT2D eigenvalue weighted by Crippen LogP contribution is 2.22. The first-order valence-electron chi connectivity index (χ1n) is 8.22. The Morgan fingerprint density at radius 1 is 1.33 bits per heavy atom. The average Bonchev–Trinajstić information content (AvgIpc) is 3.26. The molecule has 0 aliphatic carbocycles. The first kappa shape index (κ1) is 19.3. The van der Waals surface area contributed by atoms with Gasteiger partial charge in [0.15, 0.2) is 5.82 Å². The van der Waals surface area contributed by atoms with E-state index in [0.717, 1.165) is 17.0 Å². The molecule has 3 aromatic rings. The maximum atomic E-state index is 13.8. The Balaban J connectivity index is 1.61. The van der Waals surface area contributed by atoms with Gasteiger partial charge >= 0.3 is 6.03 Å². The minimum atomic E-state index is -0.708. The van der Waals surface area contributed by atoms with Crippen molar-refractivity contribution in [3.63, 3.8) is 0 Å². The van der Waals surface area contributed by atoms with Crippen molar-refractivity contribution in [2.24, 2.45) is 0 Å². The molecule has 0 radical (unpaired) electrons. The smallest absolute Gasteiger partial charge is 0.317 e. The Morgan fingerprint density at radius 3 is 2.81 bits per heavy atom. The van der Waals surface area contributed by atoms with E-state index in [2.05, 4.69) is 10.4 Å². The van der Waals surface area contributed by atoms with Crippen LogP contribution in [0.5, 0.6) is 0 Å². The minimum Gasteiger partial charge on any atom is -0.334 e. The van der Waals surface area contributed by atoms with Crippen LogP contribution in [0, 0.1) is 11.6 Å². The zero-order chi connectivity index (χ0) is 19.4. The van der Waals surface area contributed by atoms with Crippen LogP contribution in [0.15, 0.2) is 42.7 Å². The molecule has 0 fully saturated rings. The second-order valence-electron chi connectivity index (χ2n) is 5.77. The Kier molecular flexibility index (Phi) is 6.08. The van der Waals surface area contributed by atoms with E-state index in [1.165, 1.54) is 28.3 Å². The molecule has 0 saturated carbocycles. The number of nitrogens with one attached hydrogen (secondary N) is 1. The Labute approximate surface area is 164 Å². The van der Waals surface area contributed by atoms with Crippen LogP contribution in [0.3, 0.4) is 0 Å². The highest BCUT2D eigenvalue weighted by molar-refractivity contribution is 7.16. The summed E-state index contributed by atoms with van der Waals surface area (Å²) in [6.45, 7) is 3.15. The van der Waals surface area contributed by atoms with Crippen molar-refractivity contribution in [3.05, 3.63) is 69.1 Å². The molecule has 2 heterocycles. The lowest BCUT2D eigenvalue weighted by atomic mass is 10.3. The third kappa shape index (κ3) is 4.84. The summed E-state index contributed by atoms with van der Waals surface area (Å²) in [5.74, 6) is -1.36. The minimum absolute atomic E-state index is 0.138. The molecule has 0 bridgehead atoms. The van der Waals surface area contributed by atoms with E-state index in [4.69, 9.17) is 11.6 Å². The lowest BCUT2D eigenvalue weighted by molar-refractivity contribution is 0.198. The molecule has 2 amide bonds. The van der Waals surface area contributed by atoms with Crippen molar-refractivity contribution in [2.45, 2.75) is 20.0 Å². The van der Waals surface area contributed by atoms with Gasteiger partial charge in [0.1, 0.15) is 11.5 Å². The number of urea groups is 1. The SMILES string of the molecule is CCN(Cc1ccc(Cl)s1)C(=O)NCc1cnn(-c2ccc(F)cc2F)c1. The largest absolute Gasteiger partial charge is 0.334 e. The van der Waals surface area contributed by atoms with Gasteiger partial charge in [0, 0.05) is 35.8 Å². The monoisotopic (exact) mass is 410 g/mol. The van der Waals surface area contributed by atoms with Gasteiger partial charge in [-0.15, -0.1) is 11.3 Å². The number of hydrogen-bond donors (Lipinski definition) is 1. The number of aromatic nitrogens is 2. The van der Waals surface area contributed by atoms with Crippen molar-refractivity contribution in [1.82, 2.24) is 20.0 Å². The lowest BCUT2D eigenvalue weighted by Gasteiger charge is -2.20. The number of benzene rings is 1. The van der Waals surface area contributed by atoms with Crippen molar-refractivity contribution in [2.75, 3.05) is 6.54 Å². The van der Waals surface area contributed by atoms with Crippen LogP contribution >= 0.6 is 22.9 Å². The van der Waals surface area contributed by atoms with Gasteiger partial charge in [-0.3, -0.25) is 0 Å². The Morgan fingerprint density at radius 2 is 2.15 bits per heavy atom. The first-order valence-corrected chi connectivity index (χ1v) is 9.41. The number of amides is 2. The number of hydrogen-bond acceptors (Lipinski definition) is 3. The van der Waals surface area contributed by atoms with E-state index in [-0.39, 0.29) is 18.3 Å². The predicted octanol–water partition coefficient (Wildman–Crippen LogP) is 4.60. The molecular formula is C18H17ClF2N4OS. The van der Waals surface area contributed by atoms with E-state index >= 15 is 0 Å². The van der Waals surface area contributed by atoms with E-state index in [0.29, 0.717) is 23.0 Å². The van der Waals surface area contributed by atoms with Crippen molar-refractivity contribution in [1.29, 1.82) is 0 Å². The fourth-order valence-corrected chi connectivity index (χ4v) is 3.60. The molecule has 3 rings (SSSR count). The van der Waals surface area contributed by atoms with E-state index < -0.39 is 11.6 Å².